The van der Waals surface area contributed by atoms with Gasteiger partial charge in [0.15, 0.2) is 0 Å². The smallest absolute Gasteiger partial charge is 0.438 e. The quantitative estimate of drug-likeness (QED) is 0.329. The number of ether oxygens (including phenoxy) is 3. The molecule has 0 aromatic rings. The molecule has 2 aliphatic carbocycles. The summed E-state index contributed by atoms with van der Waals surface area (Å²) in [5, 5.41) is 8.53. The molecular weight excluding hydrogens is 470 g/mol. The average molecular weight is 490 g/mol. The first-order valence-corrected chi connectivity index (χ1v) is 10.1. The molecule has 4 rings (SSSR count). The average Bonchev–Trinajstić information content (AvgIpc) is 2.80. The van der Waals surface area contributed by atoms with E-state index in [0.29, 0.717) is 25.7 Å². The zero-order valence-corrected chi connectivity index (χ0v) is 16.9. The molecule has 0 aromatic carbocycles. The molecule has 5 unspecified atom stereocenters. The Balaban J connectivity index is 1.63. The maximum Gasteiger partial charge on any atom is 0.438 e. The number of carboxylic acids is 1. The lowest BCUT2D eigenvalue weighted by Crippen LogP contribution is -2.60. The summed E-state index contributed by atoms with van der Waals surface area (Å²) < 4.78 is 93.1. The third-order valence-electron chi connectivity index (χ3n) is 6.24. The van der Waals surface area contributed by atoms with Gasteiger partial charge in [0.05, 0.1) is 18.8 Å². The molecule has 4 aliphatic rings. The zero-order chi connectivity index (χ0) is 24.8. The first-order chi connectivity index (χ1) is 15.1. The van der Waals surface area contributed by atoms with E-state index in [2.05, 4.69) is 4.74 Å². The van der Waals surface area contributed by atoms with Crippen LogP contribution in [-0.4, -0.2) is 59.1 Å². The van der Waals surface area contributed by atoms with E-state index in [4.69, 9.17) is 14.6 Å². The van der Waals surface area contributed by atoms with Gasteiger partial charge in [-0.3, -0.25) is 19.2 Å². The second-order valence-electron chi connectivity index (χ2n) is 8.56. The Bertz CT molecular complexity index is 808. The van der Waals surface area contributed by atoms with Crippen LogP contribution in [0.4, 0.5) is 26.3 Å². The Labute approximate surface area is 182 Å². The van der Waals surface area contributed by atoms with Gasteiger partial charge in [-0.15, -0.1) is 0 Å². The van der Waals surface area contributed by atoms with E-state index in [9.17, 15) is 45.5 Å². The number of fused-ring (bicyclic) bond motifs is 1. The Kier molecular flexibility index (Phi) is 6.59. The number of esters is 3. The van der Waals surface area contributed by atoms with Crippen molar-refractivity contribution in [3.63, 3.8) is 0 Å². The summed E-state index contributed by atoms with van der Waals surface area (Å²) in [6.07, 6.45) is -16.2. The lowest BCUT2D eigenvalue weighted by molar-refractivity contribution is -0.369. The van der Waals surface area contributed by atoms with Crippen molar-refractivity contribution in [1.29, 1.82) is 0 Å². The molecule has 186 valence electrons. The molecule has 0 radical (unpaired) electrons. The van der Waals surface area contributed by atoms with Gasteiger partial charge in [0, 0.05) is 5.92 Å². The Morgan fingerprint density at radius 1 is 0.939 bits per heavy atom. The Hall–Kier alpha value is -2.54. The molecule has 0 amide bonds. The van der Waals surface area contributed by atoms with Gasteiger partial charge >= 0.3 is 41.8 Å². The van der Waals surface area contributed by atoms with Gasteiger partial charge in [-0.25, -0.2) is 0 Å². The van der Waals surface area contributed by atoms with Crippen molar-refractivity contribution in [2.24, 2.45) is 17.8 Å². The number of aliphatic carboxylic acids is 1. The predicted molar refractivity (Wildman–Crippen MR) is 91.1 cm³/mol. The first kappa shape index (κ1) is 25.1. The van der Waals surface area contributed by atoms with Crippen molar-refractivity contribution in [2.45, 2.75) is 75.1 Å². The lowest BCUT2D eigenvalue weighted by Gasteiger charge is -2.41. The molecule has 33 heavy (non-hydrogen) atoms. The van der Waals surface area contributed by atoms with Gasteiger partial charge in [-0.1, -0.05) is 0 Å². The van der Waals surface area contributed by atoms with Crippen LogP contribution in [0.2, 0.25) is 0 Å². The zero-order valence-electron chi connectivity index (χ0n) is 16.9. The van der Waals surface area contributed by atoms with E-state index in [1.807, 2.05) is 0 Å². The highest BCUT2D eigenvalue weighted by atomic mass is 19.4. The third-order valence-corrected chi connectivity index (χ3v) is 6.24. The molecule has 2 aliphatic heterocycles. The maximum absolute atomic E-state index is 13.1. The summed E-state index contributed by atoms with van der Waals surface area (Å²) in [4.78, 5) is 46.8. The summed E-state index contributed by atoms with van der Waals surface area (Å²) in [5.41, 5.74) is -5.27. The topological polar surface area (TPSA) is 116 Å². The minimum absolute atomic E-state index is 0.187. The van der Waals surface area contributed by atoms with Crippen LogP contribution in [0, 0.1) is 17.8 Å². The van der Waals surface area contributed by atoms with Gasteiger partial charge in [-0.2, -0.15) is 26.3 Å². The molecular formula is C19H20F6O8. The van der Waals surface area contributed by atoms with Gasteiger partial charge in [-0.05, 0) is 31.6 Å². The summed E-state index contributed by atoms with van der Waals surface area (Å²) in [5.74, 6) is -6.91. The molecule has 0 spiro atoms. The molecule has 0 aromatic heterocycles. The van der Waals surface area contributed by atoms with Crippen LogP contribution in [0.3, 0.4) is 0 Å². The second-order valence-corrected chi connectivity index (χ2v) is 8.56. The highest BCUT2D eigenvalue weighted by Gasteiger charge is 2.75. The fourth-order valence-corrected chi connectivity index (χ4v) is 4.85. The van der Waals surface area contributed by atoms with Gasteiger partial charge in [0.25, 0.3) is 0 Å². The van der Waals surface area contributed by atoms with E-state index in [0.717, 1.165) is 0 Å². The SMILES string of the molecule is O=C(O)CC(OC(=O)CCC(=O)OC1C2CC3CC(C2)OC(=O)C1C3)(C(F)(F)F)C(F)(F)F. The van der Waals surface area contributed by atoms with Crippen molar-refractivity contribution < 1.29 is 64.8 Å². The fraction of sp³-hybridized carbons (Fsp3) is 0.789. The lowest BCUT2D eigenvalue weighted by atomic mass is 9.66. The van der Waals surface area contributed by atoms with Crippen molar-refractivity contribution in [3.05, 3.63) is 0 Å². The molecule has 2 saturated heterocycles. The molecule has 8 nitrogen and oxygen atoms in total. The highest BCUT2D eigenvalue weighted by molar-refractivity contribution is 5.79. The number of halogens is 6. The van der Waals surface area contributed by atoms with E-state index in [1.165, 1.54) is 0 Å². The predicted octanol–water partition coefficient (Wildman–Crippen LogP) is 2.92. The van der Waals surface area contributed by atoms with Crippen molar-refractivity contribution in [1.82, 2.24) is 0 Å². The van der Waals surface area contributed by atoms with Crippen LogP contribution in [0.5, 0.6) is 0 Å². The number of carboxylic acid groups (broad SMARTS) is 1. The molecule has 5 atom stereocenters. The van der Waals surface area contributed by atoms with Crippen molar-refractivity contribution >= 4 is 23.9 Å². The number of hydrogen-bond donors (Lipinski definition) is 1. The number of alkyl halides is 6. The molecule has 2 heterocycles. The number of hydrogen-bond acceptors (Lipinski definition) is 7. The minimum atomic E-state index is -6.28. The first-order valence-electron chi connectivity index (χ1n) is 10.1. The van der Waals surface area contributed by atoms with Gasteiger partial charge < -0.3 is 19.3 Å². The second kappa shape index (κ2) is 8.67. The standard InChI is InChI=1S/C19H20F6O8/c20-18(21,22)17(7-12(26)27,19(23,24)25)33-14(29)2-1-13(28)32-15-9-3-8-4-10(6-9)31-16(30)11(15)5-8/h8-11,15H,1-7H2,(H,26,27). The van der Waals surface area contributed by atoms with Crippen molar-refractivity contribution in [3.8, 4) is 0 Å². The van der Waals surface area contributed by atoms with Crippen LogP contribution >= 0.6 is 0 Å². The van der Waals surface area contributed by atoms with Gasteiger partial charge in [0.1, 0.15) is 18.6 Å². The number of rotatable bonds is 7. The molecule has 14 heteroatoms. The monoisotopic (exact) mass is 490 g/mol. The van der Waals surface area contributed by atoms with Crippen LogP contribution in [-0.2, 0) is 33.4 Å². The minimum Gasteiger partial charge on any atom is -0.481 e. The largest absolute Gasteiger partial charge is 0.481 e. The summed E-state index contributed by atoms with van der Waals surface area (Å²) in [7, 11) is 0. The van der Waals surface area contributed by atoms with Crippen molar-refractivity contribution in [2.75, 3.05) is 0 Å². The molecule has 2 saturated carbocycles. The fourth-order valence-electron chi connectivity index (χ4n) is 4.85. The van der Waals surface area contributed by atoms with E-state index >= 15 is 0 Å². The third kappa shape index (κ3) is 5.03. The molecule has 1 N–H and O–H groups in total. The Morgan fingerprint density at radius 2 is 1.55 bits per heavy atom. The van der Waals surface area contributed by atoms with E-state index in [1.54, 1.807) is 0 Å². The summed E-state index contributed by atoms with van der Waals surface area (Å²) in [6, 6.07) is 0. The molecule has 4 bridgehead atoms. The maximum atomic E-state index is 13.1. The summed E-state index contributed by atoms with van der Waals surface area (Å²) >= 11 is 0. The van der Waals surface area contributed by atoms with Crippen LogP contribution in [0.15, 0.2) is 0 Å². The summed E-state index contributed by atoms with van der Waals surface area (Å²) in [6.45, 7) is 0. The number of carbonyl (C=O) groups is 4. The van der Waals surface area contributed by atoms with Crippen LogP contribution in [0.1, 0.15) is 44.9 Å². The normalized spacial score (nSPS) is 29.3. The van der Waals surface area contributed by atoms with E-state index < -0.39 is 73.1 Å². The van der Waals surface area contributed by atoms with Crippen LogP contribution in [0.25, 0.3) is 0 Å². The number of carbonyl (C=O) groups excluding carboxylic acids is 3. The van der Waals surface area contributed by atoms with Crippen LogP contribution < -0.4 is 0 Å². The van der Waals surface area contributed by atoms with E-state index in [-0.39, 0.29) is 17.9 Å². The highest BCUT2D eigenvalue weighted by Crippen LogP contribution is 2.49. The Morgan fingerprint density at radius 3 is 2.12 bits per heavy atom. The van der Waals surface area contributed by atoms with Gasteiger partial charge in [0.2, 0.25) is 0 Å². The molecule has 4 fully saturated rings.